The van der Waals surface area contributed by atoms with E-state index in [2.05, 4.69) is 0 Å². The van der Waals surface area contributed by atoms with Gasteiger partial charge >= 0.3 is 5.97 Å². The van der Waals surface area contributed by atoms with Crippen LogP contribution in [0.25, 0.3) is 10.9 Å². The van der Waals surface area contributed by atoms with Crippen LogP contribution in [0.3, 0.4) is 0 Å². The summed E-state index contributed by atoms with van der Waals surface area (Å²) in [5.74, 6) is -1.97. The van der Waals surface area contributed by atoms with E-state index < -0.39 is 17.7 Å². The van der Waals surface area contributed by atoms with Gasteiger partial charge in [0.15, 0.2) is 5.78 Å². The molecule has 1 aromatic heterocycles. The number of aryl methyl sites for hydroxylation is 1. The van der Waals surface area contributed by atoms with E-state index in [-0.39, 0.29) is 18.8 Å². The summed E-state index contributed by atoms with van der Waals surface area (Å²) in [7, 11) is 1.82. The minimum Gasteiger partial charge on any atom is -0.460 e. The Morgan fingerprint density at radius 3 is 2.77 bits per heavy atom. The standard InChI is InChI=1S/C17H17NO4/c1-3-22-17(21)16(20)11-8-9-13(19)14-10-6-4-5-7-12(10)18(2)15(11)14/h4-7,11H,3,8-9H2,1-2H3. The minimum atomic E-state index is -0.821. The Morgan fingerprint density at radius 2 is 2.05 bits per heavy atom. The molecule has 1 unspecified atom stereocenters. The molecule has 1 aliphatic carbocycles. The molecule has 5 nitrogen and oxygen atoms in total. The van der Waals surface area contributed by atoms with Crippen LogP contribution in [-0.4, -0.2) is 28.7 Å². The van der Waals surface area contributed by atoms with Crippen molar-refractivity contribution in [1.29, 1.82) is 0 Å². The quantitative estimate of drug-likeness (QED) is 0.644. The number of benzene rings is 1. The van der Waals surface area contributed by atoms with Crippen molar-refractivity contribution < 1.29 is 19.1 Å². The lowest BCUT2D eigenvalue weighted by Crippen LogP contribution is -2.30. The summed E-state index contributed by atoms with van der Waals surface area (Å²) in [6.07, 6.45) is 0.629. The number of Topliss-reactive ketones (excluding diaryl/α,β-unsaturated/α-hetero) is 2. The third kappa shape index (κ3) is 2.04. The molecule has 2 aromatic rings. The number of aromatic nitrogens is 1. The maximum Gasteiger partial charge on any atom is 0.375 e. The Kier molecular flexibility index (Phi) is 3.56. The molecule has 0 radical (unpaired) electrons. The highest BCUT2D eigenvalue weighted by atomic mass is 16.5. The predicted octanol–water partition coefficient (Wildman–Crippen LogP) is 2.37. The first-order valence-electron chi connectivity index (χ1n) is 7.37. The van der Waals surface area contributed by atoms with E-state index in [1.165, 1.54) is 0 Å². The van der Waals surface area contributed by atoms with Crippen molar-refractivity contribution in [3.05, 3.63) is 35.5 Å². The predicted molar refractivity (Wildman–Crippen MR) is 80.9 cm³/mol. The van der Waals surface area contributed by atoms with E-state index in [9.17, 15) is 14.4 Å². The highest BCUT2D eigenvalue weighted by molar-refractivity contribution is 6.36. The molecule has 0 fully saturated rings. The molecule has 1 aliphatic rings. The maximum absolute atomic E-state index is 12.4. The second-order valence-corrected chi connectivity index (χ2v) is 5.44. The number of para-hydroxylation sites is 1. The first-order valence-corrected chi connectivity index (χ1v) is 7.37. The van der Waals surface area contributed by atoms with E-state index in [0.29, 0.717) is 17.7 Å². The molecule has 1 aromatic carbocycles. The van der Waals surface area contributed by atoms with Gasteiger partial charge in [-0.05, 0) is 19.4 Å². The number of hydrogen-bond acceptors (Lipinski definition) is 4. The molecule has 1 heterocycles. The molecule has 0 bridgehead atoms. The van der Waals surface area contributed by atoms with E-state index in [0.717, 1.165) is 10.9 Å². The zero-order valence-corrected chi connectivity index (χ0v) is 12.6. The summed E-state index contributed by atoms with van der Waals surface area (Å²) < 4.78 is 6.68. The molecule has 0 amide bonds. The molecule has 0 saturated heterocycles. The van der Waals surface area contributed by atoms with Crippen molar-refractivity contribution >= 4 is 28.4 Å². The van der Waals surface area contributed by atoms with Crippen LogP contribution in [0.1, 0.15) is 41.7 Å². The van der Waals surface area contributed by atoms with Gasteiger partial charge in [0.2, 0.25) is 5.78 Å². The number of esters is 1. The molecule has 5 heteroatoms. The molecule has 1 atom stereocenters. The maximum atomic E-state index is 12.4. The summed E-state index contributed by atoms with van der Waals surface area (Å²) in [5.41, 5.74) is 2.10. The lowest BCUT2D eigenvalue weighted by atomic mass is 9.83. The van der Waals surface area contributed by atoms with Gasteiger partial charge in [-0.2, -0.15) is 0 Å². The first kappa shape index (κ1) is 14.5. The van der Waals surface area contributed by atoms with Crippen molar-refractivity contribution in [2.24, 2.45) is 7.05 Å². The number of carbonyl (C=O) groups is 3. The molecule has 0 spiro atoms. The fraction of sp³-hybridized carbons (Fsp3) is 0.353. The van der Waals surface area contributed by atoms with Crippen LogP contribution in [0.4, 0.5) is 0 Å². The number of rotatable bonds is 3. The first-order chi connectivity index (χ1) is 10.6. The van der Waals surface area contributed by atoms with E-state index in [1.54, 1.807) is 6.92 Å². The Labute approximate surface area is 127 Å². The number of fused-ring (bicyclic) bond motifs is 3. The van der Waals surface area contributed by atoms with Gasteiger partial charge in [0.25, 0.3) is 0 Å². The molecule has 3 rings (SSSR count). The van der Waals surface area contributed by atoms with Crippen LogP contribution in [0, 0.1) is 0 Å². The summed E-state index contributed by atoms with van der Waals surface area (Å²) >= 11 is 0. The fourth-order valence-corrected chi connectivity index (χ4v) is 3.25. The van der Waals surface area contributed by atoms with E-state index >= 15 is 0 Å². The van der Waals surface area contributed by atoms with Crippen LogP contribution < -0.4 is 0 Å². The lowest BCUT2D eigenvalue weighted by molar-refractivity contribution is -0.154. The second-order valence-electron chi connectivity index (χ2n) is 5.44. The van der Waals surface area contributed by atoms with Gasteiger partial charge in [0.05, 0.1) is 12.5 Å². The normalized spacial score (nSPS) is 17.4. The van der Waals surface area contributed by atoms with Gasteiger partial charge in [0, 0.05) is 35.6 Å². The number of ether oxygens (including phenoxy) is 1. The van der Waals surface area contributed by atoms with Crippen LogP contribution in [-0.2, 0) is 21.4 Å². The molecular weight excluding hydrogens is 282 g/mol. The van der Waals surface area contributed by atoms with Crippen LogP contribution in [0.5, 0.6) is 0 Å². The zero-order valence-electron chi connectivity index (χ0n) is 12.6. The molecule has 22 heavy (non-hydrogen) atoms. The summed E-state index contributed by atoms with van der Waals surface area (Å²) in [5, 5.41) is 0.839. The van der Waals surface area contributed by atoms with E-state index in [4.69, 9.17) is 4.74 Å². The number of ketones is 2. The highest BCUT2D eigenvalue weighted by Crippen LogP contribution is 2.38. The zero-order chi connectivity index (χ0) is 15.9. The Balaban J connectivity index is 2.17. The summed E-state index contributed by atoms with van der Waals surface area (Å²) in [6.45, 7) is 1.83. The van der Waals surface area contributed by atoms with Crippen LogP contribution in [0.15, 0.2) is 24.3 Å². The van der Waals surface area contributed by atoms with Gasteiger partial charge in [-0.15, -0.1) is 0 Å². The van der Waals surface area contributed by atoms with Crippen molar-refractivity contribution in [1.82, 2.24) is 4.57 Å². The van der Waals surface area contributed by atoms with E-state index in [1.807, 2.05) is 35.9 Å². The summed E-state index contributed by atoms with van der Waals surface area (Å²) in [6, 6.07) is 7.54. The SMILES string of the molecule is CCOC(=O)C(=O)C1CCC(=O)c2c1n(C)c1ccccc21. The highest BCUT2D eigenvalue weighted by Gasteiger charge is 2.38. The largest absolute Gasteiger partial charge is 0.460 e. The number of nitrogens with zero attached hydrogens (tertiary/aromatic N) is 1. The number of carbonyl (C=O) groups excluding carboxylic acids is 3. The third-order valence-electron chi connectivity index (χ3n) is 4.21. The van der Waals surface area contributed by atoms with Crippen LogP contribution in [0.2, 0.25) is 0 Å². The van der Waals surface area contributed by atoms with Gasteiger partial charge < -0.3 is 9.30 Å². The van der Waals surface area contributed by atoms with Crippen molar-refractivity contribution in [3.8, 4) is 0 Å². The molecule has 114 valence electrons. The van der Waals surface area contributed by atoms with Crippen molar-refractivity contribution in [3.63, 3.8) is 0 Å². The lowest BCUT2D eigenvalue weighted by Gasteiger charge is -2.21. The Hall–Kier alpha value is -2.43. The third-order valence-corrected chi connectivity index (χ3v) is 4.21. The minimum absolute atomic E-state index is 0.0275. The van der Waals surface area contributed by atoms with Crippen molar-refractivity contribution in [2.45, 2.75) is 25.7 Å². The topological polar surface area (TPSA) is 65.4 Å². The summed E-state index contributed by atoms with van der Waals surface area (Å²) in [4.78, 5) is 36.5. The average Bonchev–Trinajstić information content (AvgIpc) is 2.82. The Morgan fingerprint density at radius 1 is 1.32 bits per heavy atom. The fourth-order valence-electron chi connectivity index (χ4n) is 3.25. The smallest absolute Gasteiger partial charge is 0.375 e. The van der Waals surface area contributed by atoms with Gasteiger partial charge in [-0.1, -0.05) is 18.2 Å². The van der Waals surface area contributed by atoms with Gasteiger partial charge in [0.1, 0.15) is 0 Å². The molecule has 0 saturated carbocycles. The molecule has 0 aliphatic heterocycles. The monoisotopic (exact) mass is 299 g/mol. The Bertz CT molecular complexity index is 787. The van der Waals surface area contributed by atoms with Crippen LogP contribution >= 0.6 is 0 Å². The van der Waals surface area contributed by atoms with Crippen molar-refractivity contribution in [2.75, 3.05) is 6.61 Å². The molecular formula is C17H17NO4. The number of hydrogen-bond donors (Lipinski definition) is 0. The molecule has 0 N–H and O–H groups in total. The average molecular weight is 299 g/mol. The van der Waals surface area contributed by atoms with Gasteiger partial charge in [-0.25, -0.2) is 4.79 Å². The van der Waals surface area contributed by atoms with Gasteiger partial charge in [-0.3, -0.25) is 9.59 Å². The second kappa shape index (κ2) is 5.40.